The van der Waals surface area contributed by atoms with Crippen molar-refractivity contribution in [3.05, 3.63) is 17.0 Å². The van der Waals surface area contributed by atoms with E-state index in [1.807, 2.05) is 25.5 Å². The molecule has 7 heteroatoms. The molecule has 0 spiro atoms. The Bertz CT molecular complexity index is 616. The second kappa shape index (κ2) is 7.23. The molecule has 2 heterocycles. The van der Waals surface area contributed by atoms with Crippen LogP contribution in [-0.4, -0.2) is 45.5 Å². The van der Waals surface area contributed by atoms with Gasteiger partial charge in [-0.1, -0.05) is 6.92 Å². The summed E-state index contributed by atoms with van der Waals surface area (Å²) in [4.78, 5) is 26.1. The summed E-state index contributed by atoms with van der Waals surface area (Å²) in [6.45, 7) is 11.3. The van der Waals surface area contributed by atoms with Crippen LogP contribution in [-0.2, 0) is 29.0 Å². The van der Waals surface area contributed by atoms with Gasteiger partial charge in [-0.25, -0.2) is 9.59 Å². The fourth-order valence-corrected chi connectivity index (χ4v) is 2.73. The minimum Gasteiger partial charge on any atom is -0.461 e. The molecule has 1 aromatic heterocycles. The normalized spacial score (nSPS) is 14.3. The summed E-state index contributed by atoms with van der Waals surface area (Å²) in [6, 6.07) is 0. The van der Waals surface area contributed by atoms with Gasteiger partial charge in [0.05, 0.1) is 13.2 Å². The Morgan fingerprint density at radius 2 is 1.96 bits per heavy atom. The number of nitrogens with zero attached hydrogens (tertiary/aromatic N) is 3. The van der Waals surface area contributed by atoms with E-state index in [2.05, 4.69) is 12.0 Å². The van der Waals surface area contributed by atoms with E-state index in [1.165, 1.54) is 0 Å². The van der Waals surface area contributed by atoms with Crippen LogP contribution in [0.25, 0.3) is 0 Å². The lowest BCUT2D eigenvalue weighted by Crippen LogP contribution is -2.40. The zero-order chi connectivity index (χ0) is 17.9. The van der Waals surface area contributed by atoms with Gasteiger partial charge < -0.3 is 14.4 Å². The van der Waals surface area contributed by atoms with Crippen LogP contribution in [0.4, 0.5) is 4.79 Å². The number of aromatic nitrogens is 2. The van der Waals surface area contributed by atoms with Gasteiger partial charge in [0.1, 0.15) is 5.60 Å². The fraction of sp³-hybridized carbons (Fsp3) is 0.706. The summed E-state index contributed by atoms with van der Waals surface area (Å²) < 4.78 is 12.4. The van der Waals surface area contributed by atoms with E-state index in [0.717, 1.165) is 24.2 Å². The Hall–Kier alpha value is -2.05. The lowest BCUT2D eigenvalue weighted by atomic mass is 10.1. The first kappa shape index (κ1) is 18.3. The van der Waals surface area contributed by atoms with Crippen LogP contribution in [0, 0.1) is 0 Å². The van der Waals surface area contributed by atoms with E-state index in [0.29, 0.717) is 31.8 Å². The number of rotatable bonds is 4. The Morgan fingerprint density at radius 3 is 2.54 bits per heavy atom. The van der Waals surface area contributed by atoms with Crippen LogP contribution in [0.3, 0.4) is 0 Å². The van der Waals surface area contributed by atoms with E-state index < -0.39 is 11.6 Å². The number of fused-ring (bicyclic) bond motifs is 1. The smallest absolute Gasteiger partial charge is 0.410 e. The van der Waals surface area contributed by atoms with Crippen LogP contribution in [0.2, 0.25) is 0 Å². The summed E-state index contributed by atoms with van der Waals surface area (Å²) in [7, 11) is 0. The van der Waals surface area contributed by atoms with Gasteiger partial charge in [-0.05, 0) is 34.1 Å². The monoisotopic (exact) mass is 337 g/mol. The van der Waals surface area contributed by atoms with Gasteiger partial charge in [-0.3, -0.25) is 4.68 Å². The molecule has 0 aromatic carbocycles. The maximum Gasteiger partial charge on any atom is 0.410 e. The lowest BCUT2D eigenvalue weighted by molar-refractivity contribution is 0.0219. The molecule has 1 amide bonds. The van der Waals surface area contributed by atoms with E-state index in [9.17, 15) is 9.59 Å². The summed E-state index contributed by atoms with van der Waals surface area (Å²) in [5, 5.41) is 4.43. The van der Waals surface area contributed by atoms with Crippen molar-refractivity contribution >= 4 is 12.1 Å². The van der Waals surface area contributed by atoms with E-state index in [-0.39, 0.29) is 6.09 Å². The van der Waals surface area contributed by atoms with Crippen LogP contribution in [0.1, 0.15) is 62.8 Å². The minimum atomic E-state index is -0.548. The lowest BCUT2D eigenvalue weighted by Gasteiger charge is -2.30. The van der Waals surface area contributed by atoms with Crippen molar-refractivity contribution in [1.29, 1.82) is 0 Å². The Balaban J connectivity index is 2.27. The van der Waals surface area contributed by atoms with Crippen LogP contribution in [0.5, 0.6) is 0 Å². The largest absolute Gasteiger partial charge is 0.461 e. The first-order valence-electron chi connectivity index (χ1n) is 8.50. The Kier molecular flexibility index (Phi) is 5.51. The van der Waals surface area contributed by atoms with Crippen molar-refractivity contribution in [3.63, 3.8) is 0 Å². The third-order valence-corrected chi connectivity index (χ3v) is 3.69. The molecule has 0 N–H and O–H groups in total. The molecule has 0 bridgehead atoms. The second-order valence-electron chi connectivity index (χ2n) is 6.87. The molecule has 2 rings (SSSR count). The van der Waals surface area contributed by atoms with Crippen LogP contribution >= 0.6 is 0 Å². The predicted octanol–water partition coefficient (Wildman–Crippen LogP) is 2.76. The molecule has 0 saturated carbocycles. The number of amides is 1. The highest BCUT2D eigenvalue weighted by atomic mass is 16.6. The molecule has 7 nitrogen and oxygen atoms in total. The molecular weight excluding hydrogens is 310 g/mol. The maximum absolute atomic E-state index is 12.3. The Morgan fingerprint density at radius 1 is 1.25 bits per heavy atom. The van der Waals surface area contributed by atoms with E-state index in [4.69, 9.17) is 9.47 Å². The van der Waals surface area contributed by atoms with Crippen molar-refractivity contribution in [1.82, 2.24) is 14.7 Å². The van der Waals surface area contributed by atoms with Crippen molar-refractivity contribution in [3.8, 4) is 0 Å². The number of hydrogen-bond donors (Lipinski definition) is 0. The molecule has 0 aliphatic carbocycles. The number of carbonyl (C=O) groups is 2. The van der Waals surface area contributed by atoms with Gasteiger partial charge in [-0.2, -0.15) is 5.10 Å². The SMILES string of the molecule is CCCn1nc(C(=O)OCC)c2c1CCN(C(=O)OC(C)(C)C)C2. The van der Waals surface area contributed by atoms with Crippen molar-refractivity contribution in [2.75, 3.05) is 13.2 Å². The van der Waals surface area contributed by atoms with Crippen molar-refractivity contribution in [2.45, 2.75) is 66.2 Å². The average Bonchev–Trinajstić information content (AvgIpc) is 2.84. The summed E-state index contributed by atoms with van der Waals surface area (Å²) in [6.07, 6.45) is 1.21. The third kappa shape index (κ3) is 4.07. The molecule has 1 aliphatic rings. The number of carbonyl (C=O) groups excluding carboxylic acids is 2. The fourth-order valence-electron chi connectivity index (χ4n) is 2.73. The molecule has 1 aliphatic heterocycles. The highest BCUT2D eigenvalue weighted by Gasteiger charge is 2.32. The first-order chi connectivity index (χ1) is 11.3. The molecular formula is C17H27N3O4. The molecule has 134 valence electrons. The zero-order valence-corrected chi connectivity index (χ0v) is 15.2. The van der Waals surface area contributed by atoms with Gasteiger partial charge in [0.15, 0.2) is 5.69 Å². The average molecular weight is 337 g/mol. The quantitative estimate of drug-likeness (QED) is 0.790. The second-order valence-corrected chi connectivity index (χ2v) is 6.87. The number of aryl methyl sites for hydroxylation is 1. The summed E-state index contributed by atoms with van der Waals surface area (Å²) in [5.41, 5.74) is 1.56. The topological polar surface area (TPSA) is 73.7 Å². The number of esters is 1. The van der Waals surface area contributed by atoms with Crippen molar-refractivity contribution < 1.29 is 19.1 Å². The first-order valence-corrected chi connectivity index (χ1v) is 8.50. The molecule has 24 heavy (non-hydrogen) atoms. The third-order valence-electron chi connectivity index (χ3n) is 3.69. The van der Waals surface area contributed by atoms with Gasteiger partial charge in [0.25, 0.3) is 0 Å². The van der Waals surface area contributed by atoms with Gasteiger partial charge in [0, 0.05) is 30.8 Å². The zero-order valence-electron chi connectivity index (χ0n) is 15.2. The number of ether oxygens (including phenoxy) is 2. The molecule has 0 fully saturated rings. The highest BCUT2D eigenvalue weighted by molar-refractivity contribution is 5.89. The molecule has 0 radical (unpaired) electrons. The van der Waals surface area contributed by atoms with Crippen molar-refractivity contribution in [2.24, 2.45) is 0 Å². The van der Waals surface area contributed by atoms with E-state index >= 15 is 0 Å². The minimum absolute atomic E-state index is 0.296. The summed E-state index contributed by atoms with van der Waals surface area (Å²) >= 11 is 0. The van der Waals surface area contributed by atoms with Gasteiger partial charge in [0.2, 0.25) is 0 Å². The van der Waals surface area contributed by atoms with Gasteiger partial charge in [-0.15, -0.1) is 0 Å². The molecule has 0 saturated heterocycles. The van der Waals surface area contributed by atoms with Crippen LogP contribution < -0.4 is 0 Å². The van der Waals surface area contributed by atoms with Gasteiger partial charge >= 0.3 is 12.1 Å². The molecule has 0 atom stereocenters. The molecule has 1 aromatic rings. The Labute approximate surface area is 142 Å². The predicted molar refractivity (Wildman–Crippen MR) is 88.8 cm³/mol. The summed E-state index contributed by atoms with van der Waals surface area (Å²) in [5.74, 6) is -0.436. The maximum atomic E-state index is 12.3. The highest BCUT2D eigenvalue weighted by Crippen LogP contribution is 2.25. The number of hydrogen-bond acceptors (Lipinski definition) is 5. The molecule has 0 unspecified atom stereocenters. The van der Waals surface area contributed by atoms with E-state index in [1.54, 1.807) is 11.8 Å². The van der Waals surface area contributed by atoms with Crippen LogP contribution in [0.15, 0.2) is 0 Å². The standard InChI is InChI=1S/C17H27N3O4/c1-6-9-20-13-8-10-19(16(22)24-17(3,4)5)11-12(13)14(18-20)15(21)23-7-2/h6-11H2,1-5H3.